The Bertz CT molecular complexity index is 358. The summed E-state index contributed by atoms with van der Waals surface area (Å²) in [6, 6.07) is 0. The molecule has 0 fully saturated rings. The summed E-state index contributed by atoms with van der Waals surface area (Å²) in [5.74, 6) is -4.60. The zero-order chi connectivity index (χ0) is 16.8. The van der Waals surface area contributed by atoms with E-state index in [9.17, 15) is 22.8 Å². The Morgan fingerprint density at radius 3 is 1.95 bits per heavy atom. The van der Waals surface area contributed by atoms with Gasteiger partial charge in [-0.25, -0.2) is 0 Å². The van der Waals surface area contributed by atoms with Crippen LogP contribution in [0.4, 0.5) is 13.2 Å². The molecule has 0 saturated carbocycles. The van der Waals surface area contributed by atoms with E-state index in [1.54, 1.807) is 27.7 Å². The number of carboxylic acids is 1. The molecule has 0 aromatic heterocycles. The van der Waals surface area contributed by atoms with Gasteiger partial charge < -0.3 is 9.84 Å². The highest BCUT2D eigenvalue weighted by Crippen LogP contribution is 2.31. The molecule has 0 saturated heterocycles. The van der Waals surface area contributed by atoms with Crippen molar-refractivity contribution >= 4 is 11.9 Å². The molecule has 2 atom stereocenters. The van der Waals surface area contributed by atoms with Crippen molar-refractivity contribution in [3.8, 4) is 0 Å². The fourth-order valence-corrected chi connectivity index (χ4v) is 1.99. The van der Waals surface area contributed by atoms with Crippen LogP contribution >= 0.6 is 0 Å². The van der Waals surface area contributed by atoms with Crippen LogP contribution in [0.2, 0.25) is 0 Å². The highest BCUT2D eigenvalue weighted by atomic mass is 19.4. The molecule has 0 aromatic carbocycles. The molecular formula is C14H23F3O4. The minimum Gasteiger partial charge on any atom is -0.481 e. The monoisotopic (exact) mass is 312 g/mol. The lowest BCUT2D eigenvalue weighted by Gasteiger charge is -2.27. The first-order valence-electron chi connectivity index (χ1n) is 6.89. The van der Waals surface area contributed by atoms with Crippen LogP contribution in [0, 0.1) is 11.8 Å². The number of hydrogen-bond donors (Lipinski definition) is 1. The largest absolute Gasteiger partial charge is 0.481 e. The van der Waals surface area contributed by atoms with Gasteiger partial charge in [-0.2, -0.15) is 13.2 Å². The number of alkyl halides is 3. The Balaban J connectivity index is 5.14. The zero-order valence-corrected chi connectivity index (χ0v) is 12.8. The van der Waals surface area contributed by atoms with Crippen molar-refractivity contribution in [2.75, 3.05) is 0 Å². The van der Waals surface area contributed by atoms with Crippen molar-refractivity contribution in [2.45, 2.75) is 65.2 Å². The van der Waals surface area contributed by atoms with Crippen LogP contribution < -0.4 is 0 Å². The number of rotatable bonds is 7. The van der Waals surface area contributed by atoms with E-state index in [1.165, 1.54) is 0 Å². The third-order valence-corrected chi connectivity index (χ3v) is 2.85. The molecule has 0 bridgehead atoms. The third-order valence-electron chi connectivity index (χ3n) is 2.85. The number of esters is 1. The van der Waals surface area contributed by atoms with E-state index in [4.69, 9.17) is 9.84 Å². The molecule has 1 N–H and O–H groups in total. The zero-order valence-electron chi connectivity index (χ0n) is 12.8. The molecule has 0 aliphatic heterocycles. The molecule has 0 aromatic rings. The maximum Gasteiger partial charge on any atom is 0.389 e. The summed E-state index contributed by atoms with van der Waals surface area (Å²) >= 11 is 0. The molecule has 4 nitrogen and oxygen atoms in total. The smallest absolute Gasteiger partial charge is 0.389 e. The summed E-state index contributed by atoms with van der Waals surface area (Å²) in [4.78, 5) is 23.3. The number of carbonyl (C=O) groups is 2. The number of halogens is 3. The summed E-state index contributed by atoms with van der Waals surface area (Å²) in [7, 11) is 0. The lowest BCUT2D eigenvalue weighted by molar-refractivity contribution is -0.171. The molecule has 0 spiro atoms. The Morgan fingerprint density at radius 1 is 1.10 bits per heavy atom. The first-order valence-corrected chi connectivity index (χ1v) is 6.89. The lowest BCUT2D eigenvalue weighted by Crippen LogP contribution is -2.36. The van der Waals surface area contributed by atoms with Gasteiger partial charge in [0.15, 0.2) is 0 Å². The molecule has 0 radical (unpaired) electrons. The fourth-order valence-electron chi connectivity index (χ4n) is 1.99. The van der Waals surface area contributed by atoms with Crippen LogP contribution in [0.25, 0.3) is 0 Å². The number of carbonyl (C=O) groups excluding carboxylic acids is 1. The summed E-state index contributed by atoms with van der Waals surface area (Å²) < 4.78 is 42.2. The van der Waals surface area contributed by atoms with Crippen molar-refractivity contribution in [1.82, 2.24) is 0 Å². The van der Waals surface area contributed by atoms with Crippen LogP contribution in [-0.4, -0.2) is 28.8 Å². The molecule has 21 heavy (non-hydrogen) atoms. The first-order chi connectivity index (χ1) is 9.37. The number of carboxylic acid groups (broad SMARTS) is 1. The van der Waals surface area contributed by atoms with Crippen LogP contribution in [0.3, 0.4) is 0 Å². The summed E-state index contributed by atoms with van der Waals surface area (Å²) in [6.07, 6.45) is -5.62. The second-order valence-corrected chi connectivity index (χ2v) is 6.03. The van der Waals surface area contributed by atoms with Gasteiger partial charge in [0.2, 0.25) is 0 Å². The van der Waals surface area contributed by atoms with Gasteiger partial charge in [-0.05, 0) is 33.6 Å². The summed E-state index contributed by atoms with van der Waals surface area (Å²) in [5.41, 5.74) is -0.872. The van der Waals surface area contributed by atoms with Gasteiger partial charge in [0.25, 0.3) is 0 Å². The van der Waals surface area contributed by atoms with Crippen LogP contribution in [0.5, 0.6) is 0 Å². The van der Waals surface area contributed by atoms with Crippen molar-refractivity contribution in [3.05, 3.63) is 0 Å². The third kappa shape index (κ3) is 8.57. The van der Waals surface area contributed by atoms with E-state index in [2.05, 4.69) is 0 Å². The molecule has 0 aliphatic carbocycles. The lowest BCUT2D eigenvalue weighted by atomic mass is 9.85. The van der Waals surface area contributed by atoms with Crippen molar-refractivity contribution < 1.29 is 32.6 Å². The minimum atomic E-state index is -4.43. The van der Waals surface area contributed by atoms with Gasteiger partial charge in [-0.1, -0.05) is 13.3 Å². The van der Waals surface area contributed by atoms with Crippen LogP contribution in [0.1, 0.15) is 53.4 Å². The SMILES string of the molecule is CCC[C@@H](C(=O)O)[C@@H](CCC(F)(F)F)C(=O)OC(C)(C)C. The Kier molecular flexibility index (Phi) is 7.19. The topological polar surface area (TPSA) is 63.6 Å². The van der Waals surface area contributed by atoms with E-state index in [0.29, 0.717) is 6.42 Å². The predicted octanol–water partition coefficient (Wildman–Crippen LogP) is 3.79. The second kappa shape index (κ2) is 7.66. The average Bonchev–Trinajstić information content (AvgIpc) is 2.23. The normalized spacial score (nSPS) is 15.4. The van der Waals surface area contributed by atoms with Crippen LogP contribution in [0.15, 0.2) is 0 Å². The number of ether oxygens (including phenoxy) is 1. The van der Waals surface area contributed by atoms with Gasteiger partial charge in [-0.3, -0.25) is 9.59 Å². The van der Waals surface area contributed by atoms with E-state index in [0.717, 1.165) is 0 Å². The van der Waals surface area contributed by atoms with Crippen molar-refractivity contribution in [2.24, 2.45) is 11.8 Å². The van der Waals surface area contributed by atoms with Crippen molar-refractivity contribution in [3.63, 3.8) is 0 Å². The van der Waals surface area contributed by atoms with Gasteiger partial charge in [0, 0.05) is 6.42 Å². The second-order valence-electron chi connectivity index (χ2n) is 6.03. The molecule has 0 aliphatic rings. The van der Waals surface area contributed by atoms with E-state index < -0.39 is 48.4 Å². The molecule has 0 amide bonds. The molecule has 0 rings (SSSR count). The van der Waals surface area contributed by atoms with E-state index >= 15 is 0 Å². The Morgan fingerprint density at radius 2 is 1.62 bits per heavy atom. The average molecular weight is 312 g/mol. The maximum absolute atomic E-state index is 12.4. The molecule has 0 heterocycles. The number of hydrogen-bond acceptors (Lipinski definition) is 3. The summed E-state index contributed by atoms with van der Waals surface area (Å²) in [5, 5.41) is 9.16. The minimum absolute atomic E-state index is 0.136. The number of aliphatic carboxylic acids is 1. The van der Waals surface area contributed by atoms with Crippen molar-refractivity contribution in [1.29, 1.82) is 0 Å². The highest BCUT2D eigenvalue weighted by Gasteiger charge is 2.39. The first kappa shape index (κ1) is 19.7. The summed E-state index contributed by atoms with van der Waals surface area (Å²) in [6.45, 7) is 6.47. The van der Waals surface area contributed by atoms with Gasteiger partial charge in [0.05, 0.1) is 11.8 Å². The molecular weight excluding hydrogens is 289 g/mol. The maximum atomic E-state index is 12.4. The van der Waals surface area contributed by atoms with Gasteiger partial charge >= 0.3 is 18.1 Å². The Hall–Kier alpha value is -1.27. The standard InChI is InChI=1S/C14H23F3O4/c1-5-6-9(11(18)19)10(7-8-14(15,16)17)12(20)21-13(2,3)4/h9-10H,5-8H2,1-4H3,(H,18,19)/t9-,10-/m1/s1. The molecule has 0 unspecified atom stereocenters. The van der Waals surface area contributed by atoms with Gasteiger partial charge in [0.1, 0.15) is 5.60 Å². The molecule has 7 heteroatoms. The highest BCUT2D eigenvalue weighted by molar-refractivity contribution is 5.81. The van der Waals surface area contributed by atoms with E-state index in [-0.39, 0.29) is 6.42 Å². The fraction of sp³-hybridized carbons (Fsp3) is 0.857. The quantitative estimate of drug-likeness (QED) is 0.726. The van der Waals surface area contributed by atoms with Crippen LogP contribution in [-0.2, 0) is 14.3 Å². The molecule has 124 valence electrons. The van der Waals surface area contributed by atoms with E-state index in [1.807, 2.05) is 0 Å². The van der Waals surface area contributed by atoms with Gasteiger partial charge in [-0.15, -0.1) is 0 Å². The predicted molar refractivity (Wildman–Crippen MR) is 70.7 cm³/mol. The Labute approximate surface area is 122 Å².